The van der Waals surface area contributed by atoms with Gasteiger partial charge in [0.2, 0.25) is 0 Å². The summed E-state index contributed by atoms with van der Waals surface area (Å²) >= 11 is 1.17. The number of benzene rings is 1. The van der Waals surface area contributed by atoms with Crippen LogP contribution in [0.5, 0.6) is 5.75 Å². The summed E-state index contributed by atoms with van der Waals surface area (Å²) in [6, 6.07) is 4.38. The van der Waals surface area contributed by atoms with E-state index in [1.807, 2.05) is 34.6 Å². The van der Waals surface area contributed by atoms with Crippen LogP contribution < -0.4 is 4.74 Å². The molecule has 0 amide bonds. The molecule has 0 radical (unpaired) electrons. The van der Waals surface area contributed by atoms with Gasteiger partial charge in [0, 0.05) is 18.2 Å². The van der Waals surface area contributed by atoms with Crippen LogP contribution in [0.3, 0.4) is 0 Å². The maximum Gasteiger partial charge on any atom is 0.491 e. The van der Waals surface area contributed by atoms with E-state index in [1.165, 1.54) is 30.8 Å². The van der Waals surface area contributed by atoms with E-state index in [9.17, 15) is 9.18 Å². The summed E-state index contributed by atoms with van der Waals surface area (Å²) < 4.78 is 31.6. The van der Waals surface area contributed by atoms with Crippen LogP contribution in [0.1, 0.15) is 47.1 Å². The Morgan fingerprint density at radius 2 is 1.88 bits per heavy atom. The molecule has 4 nitrogen and oxygen atoms in total. The van der Waals surface area contributed by atoms with Crippen molar-refractivity contribution in [3.05, 3.63) is 35.1 Å². The highest BCUT2D eigenvalue weighted by molar-refractivity contribution is 8.13. The molecular formula is C19H26BFO4S. The van der Waals surface area contributed by atoms with Gasteiger partial charge in [-0.3, -0.25) is 4.79 Å². The second kappa shape index (κ2) is 8.15. The Balaban J connectivity index is 2.41. The first-order valence-corrected chi connectivity index (χ1v) is 9.66. The topological polar surface area (TPSA) is 44.8 Å². The summed E-state index contributed by atoms with van der Waals surface area (Å²) in [5.41, 5.74) is 0.362. The molecular weight excluding hydrogens is 354 g/mol. The molecule has 0 saturated carbocycles. The van der Waals surface area contributed by atoms with Gasteiger partial charge in [0.1, 0.15) is 11.6 Å². The Kier molecular flexibility index (Phi) is 6.58. The molecule has 0 aliphatic carbocycles. The molecule has 0 bridgehead atoms. The Morgan fingerprint density at radius 3 is 2.42 bits per heavy atom. The van der Waals surface area contributed by atoms with Gasteiger partial charge in [0.15, 0.2) is 5.12 Å². The third-order valence-corrected chi connectivity index (χ3v) is 5.49. The van der Waals surface area contributed by atoms with Crippen LogP contribution in [0.2, 0.25) is 0 Å². The normalized spacial score (nSPS) is 18.9. The second-order valence-corrected chi connectivity index (χ2v) is 8.36. The van der Waals surface area contributed by atoms with Gasteiger partial charge in [-0.15, -0.1) is 0 Å². The molecule has 0 unspecified atom stereocenters. The number of hydrogen-bond donors (Lipinski definition) is 0. The Hall–Kier alpha value is -1.31. The molecule has 1 aromatic rings. The molecule has 7 heteroatoms. The molecule has 1 aliphatic heterocycles. The summed E-state index contributed by atoms with van der Waals surface area (Å²) in [5, 5.41) is -0.00306. The van der Waals surface area contributed by atoms with E-state index in [2.05, 4.69) is 0 Å². The fraction of sp³-hybridized carbons (Fsp3) is 0.526. The average molecular weight is 380 g/mol. The fourth-order valence-corrected chi connectivity index (χ4v) is 3.07. The van der Waals surface area contributed by atoms with Crippen LogP contribution in [0.4, 0.5) is 4.39 Å². The van der Waals surface area contributed by atoms with Crippen LogP contribution >= 0.6 is 11.8 Å². The van der Waals surface area contributed by atoms with Gasteiger partial charge in [-0.05, 0) is 58.3 Å². The van der Waals surface area contributed by atoms with Gasteiger partial charge in [-0.1, -0.05) is 17.8 Å². The van der Waals surface area contributed by atoms with Gasteiger partial charge >= 0.3 is 7.12 Å². The van der Waals surface area contributed by atoms with Crippen LogP contribution in [0, 0.1) is 5.82 Å². The number of rotatable bonds is 6. The lowest BCUT2D eigenvalue weighted by atomic mass is 9.78. The monoisotopic (exact) mass is 380 g/mol. The Bertz CT molecular complexity index is 687. The maximum atomic E-state index is 13.8. The highest BCUT2D eigenvalue weighted by Gasteiger charge is 2.52. The molecule has 1 fully saturated rings. The lowest BCUT2D eigenvalue weighted by Gasteiger charge is -2.32. The van der Waals surface area contributed by atoms with E-state index in [1.54, 1.807) is 12.1 Å². The molecule has 1 saturated heterocycles. The number of hydrogen-bond acceptors (Lipinski definition) is 5. The average Bonchev–Trinajstić information content (AvgIpc) is 2.74. The Morgan fingerprint density at radius 1 is 1.27 bits per heavy atom. The molecule has 0 aromatic heterocycles. The van der Waals surface area contributed by atoms with Gasteiger partial charge in [0.05, 0.1) is 17.8 Å². The minimum Gasteiger partial charge on any atom is -0.493 e. The van der Waals surface area contributed by atoms with Crippen molar-refractivity contribution in [2.45, 2.75) is 52.7 Å². The number of ether oxygens (including phenoxy) is 1. The SMILES string of the molecule is CCOc1ccc(F)cc1C=C(CSC(C)=O)B1OC(C)(C)C(C)(C)O1. The zero-order valence-electron chi connectivity index (χ0n) is 16.2. The first kappa shape index (κ1) is 21.0. The predicted octanol–water partition coefficient (Wildman–Crippen LogP) is 4.52. The minimum atomic E-state index is -0.607. The summed E-state index contributed by atoms with van der Waals surface area (Å²) in [4.78, 5) is 11.5. The molecule has 0 N–H and O–H groups in total. The largest absolute Gasteiger partial charge is 0.493 e. The number of thioether (sulfide) groups is 1. The predicted molar refractivity (Wildman–Crippen MR) is 105 cm³/mol. The Labute approximate surface area is 159 Å². The van der Waals surface area contributed by atoms with Crippen molar-refractivity contribution >= 4 is 30.1 Å². The maximum absolute atomic E-state index is 13.8. The standard InChI is InChI=1S/C19H26BFO4S/c1-7-23-17-9-8-16(21)11-14(17)10-15(12-26-13(2)22)20-24-18(3,4)19(5,6)25-20/h8-11H,7,12H2,1-6H3. The number of carbonyl (C=O) groups is 1. The van der Waals surface area contributed by atoms with Crippen LogP contribution in [0.25, 0.3) is 6.08 Å². The lowest BCUT2D eigenvalue weighted by molar-refractivity contribution is -0.109. The first-order chi connectivity index (χ1) is 12.1. The molecule has 1 heterocycles. The molecule has 1 aliphatic rings. The van der Waals surface area contributed by atoms with Gasteiger partial charge in [-0.2, -0.15) is 0 Å². The van der Waals surface area contributed by atoms with E-state index >= 15 is 0 Å². The number of carbonyl (C=O) groups excluding carboxylic acids is 1. The highest BCUT2D eigenvalue weighted by Crippen LogP contribution is 2.39. The molecule has 2 rings (SSSR count). The van der Waals surface area contributed by atoms with Crippen molar-refractivity contribution in [1.29, 1.82) is 0 Å². The summed E-state index contributed by atoms with van der Waals surface area (Å²) in [5.74, 6) is 0.622. The van der Waals surface area contributed by atoms with E-state index < -0.39 is 18.3 Å². The van der Waals surface area contributed by atoms with Gasteiger partial charge < -0.3 is 14.0 Å². The first-order valence-electron chi connectivity index (χ1n) is 8.67. The van der Waals surface area contributed by atoms with Crippen LogP contribution in [0.15, 0.2) is 23.7 Å². The molecule has 142 valence electrons. The number of halogens is 1. The van der Waals surface area contributed by atoms with Crippen molar-refractivity contribution in [2.75, 3.05) is 12.4 Å². The van der Waals surface area contributed by atoms with Gasteiger partial charge in [0.25, 0.3) is 0 Å². The van der Waals surface area contributed by atoms with Crippen LogP contribution in [-0.2, 0) is 14.1 Å². The lowest BCUT2D eigenvalue weighted by Crippen LogP contribution is -2.41. The minimum absolute atomic E-state index is 0.00306. The summed E-state index contributed by atoms with van der Waals surface area (Å²) in [6.07, 6.45) is 1.80. The van der Waals surface area contributed by atoms with Crippen molar-refractivity contribution in [2.24, 2.45) is 0 Å². The third kappa shape index (κ3) is 4.90. The van der Waals surface area contributed by atoms with Crippen molar-refractivity contribution in [1.82, 2.24) is 0 Å². The molecule has 1 aromatic carbocycles. The van der Waals surface area contributed by atoms with E-state index in [0.29, 0.717) is 23.7 Å². The van der Waals surface area contributed by atoms with E-state index in [-0.39, 0.29) is 10.9 Å². The van der Waals surface area contributed by atoms with Crippen molar-refractivity contribution < 1.29 is 23.2 Å². The fourth-order valence-electron chi connectivity index (χ4n) is 2.48. The quantitative estimate of drug-likeness (QED) is 0.679. The van der Waals surface area contributed by atoms with E-state index in [0.717, 1.165) is 5.47 Å². The van der Waals surface area contributed by atoms with Crippen molar-refractivity contribution in [3.63, 3.8) is 0 Å². The second-order valence-electron chi connectivity index (χ2n) is 7.20. The van der Waals surface area contributed by atoms with Gasteiger partial charge in [-0.25, -0.2) is 4.39 Å². The molecule has 0 spiro atoms. The third-order valence-electron chi connectivity index (χ3n) is 4.61. The summed E-state index contributed by atoms with van der Waals surface area (Å²) in [6.45, 7) is 11.7. The molecule has 26 heavy (non-hydrogen) atoms. The van der Waals surface area contributed by atoms with Crippen LogP contribution in [-0.4, -0.2) is 35.8 Å². The van der Waals surface area contributed by atoms with Crippen molar-refractivity contribution in [3.8, 4) is 5.75 Å². The molecule has 0 atom stereocenters. The smallest absolute Gasteiger partial charge is 0.491 e. The zero-order chi connectivity index (χ0) is 19.5. The zero-order valence-corrected chi connectivity index (χ0v) is 17.0. The summed E-state index contributed by atoms with van der Waals surface area (Å²) in [7, 11) is -0.607. The highest BCUT2D eigenvalue weighted by atomic mass is 32.2. The van der Waals surface area contributed by atoms with E-state index in [4.69, 9.17) is 14.0 Å².